The Labute approximate surface area is 129 Å². The number of hydrogen-bond acceptors (Lipinski definition) is 2. The number of halogens is 1. The summed E-state index contributed by atoms with van der Waals surface area (Å²) in [4.78, 5) is 14.7. The third kappa shape index (κ3) is 3.54. The van der Waals surface area contributed by atoms with Gasteiger partial charge in [-0.15, -0.1) is 0 Å². The van der Waals surface area contributed by atoms with E-state index in [2.05, 4.69) is 29.8 Å². The predicted octanol–water partition coefficient (Wildman–Crippen LogP) is 3.26. The van der Waals surface area contributed by atoms with Crippen LogP contribution in [0.1, 0.15) is 25.8 Å². The second kappa shape index (κ2) is 7.11. The van der Waals surface area contributed by atoms with Crippen LogP contribution in [0.4, 0.5) is 0 Å². The highest BCUT2D eigenvalue weighted by molar-refractivity contribution is 9.09. The van der Waals surface area contributed by atoms with Crippen molar-refractivity contribution in [3.63, 3.8) is 0 Å². The van der Waals surface area contributed by atoms with E-state index in [1.807, 2.05) is 29.2 Å². The topological polar surface area (TPSA) is 29.5 Å². The normalized spacial score (nSPS) is 17.5. The van der Waals surface area contributed by atoms with E-state index in [-0.39, 0.29) is 17.9 Å². The summed E-state index contributed by atoms with van der Waals surface area (Å²) in [5.41, 5.74) is 1.14. The molecular weight excluding hydrogens is 318 g/mol. The molecule has 0 fully saturated rings. The number of para-hydroxylation sites is 1. The van der Waals surface area contributed by atoms with Crippen molar-refractivity contribution in [3.05, 3.63) is 29.8 Å². The van der Waals surface area contributed by atoms with Crippen molar-refractivity contribution in [2.24, 2.45) is 5.92 Å². The fourth-order valence-corrected chi connectivity index (χ4v) is 2.82. The standard InChI is InChI=1S/C16H22BrNO2/c1-12(2)18(9-5-8-17)16(19)14-10-13-6-3-4-7-15(13)20-11-14/h3-4,6-7,12,14H,5,8-11H2,1-2H3. The number of benzene rings is 1. The van der Waals surface area contributed by atoms with E-state index in [1.54, 1.807) is 0 Å². The van der Waals surface area contributed by atoms with Crippen molar-refractivity contribution in [2.45, 2.75) is 32.7 Å². The van der Waals surface area contributed by atoms with Gasteiger partial charge in [0.15, 0.2) is 0 Å². The zero-order valence-electron chi connectivity index (χ0n) is 12.1. The van der Waals surface area contributed by atoms with Gasteiger partial charge in [0.05, 0.1) is 5.92 Å². The minimum Gasteiger partial charge on any atom is -0.492 e. The van der Waals surface area contributed by atoms with Gasteiger partial charge in [-0.25, -0.2) is 0 Å². The highest BCUT2D eigenvalue weighted by Gasteiger charge is 2.30. The SMILES string of the molecule is CC(C)N(CCCBr)C(=O)C1COc2ccccc2C1. The fraction of sp³-hybridized carbons (Fsp3) is 0.562. The van der Waals surface area contributed by atoms with Crippen LogP contribution in [0.5, 0.6) is 5.75 Å². The van der Waals surface area contributed by atoms with Gasteiger partial charge in [0.25, 0.3) is 0 Å². The summed E-state index contributed by atoms with van der Waals surface area (Å²) in [5, 5.41) is 0.924. The molecule has 1 heterocycles. The molecule has 1 unspecified atom stereocenters. The number of fused-ring (bicyclic) bond motifs is 1. The Kier molecular flexibility index (Phi) is 5.46. The van der Waals surface area contributed by atoms with Crippen LogP contribution in [0.3, 0.4) is 0 Å². The van der Waals surface area contributed by atoms with Crippen LogP contribution in [-0.4, -0.2) is 35.3 Å². The van der Waals surface area contributed by atoms with Crippen LogP contribution in [0.2, 0.25) is 0 Å². The molecule has 0 saturated carbocycles. The number of carbonyl (C=O) groups is 1. The highest BCUT2D eigenvalue weighted by atomic mass is 79.9. The van der Waals surface area contributed by atoms with Crippen LogP contribution >= 0.6 is 15.9 Å². The molecule has 2 rings (SSSR count). The Hall–Kier alpha value is -1.03. The molecule has 0 aromatic heterocycles. The van der Waals surface area contributed by atoms with Crippen LogP contribution in [0.15, 0.2) is 24.3 Å². The summed E-state index contributed by atoms with van der Waals surface area (Å²) in [7, 11) is 0. The van der Waals surface area contributed by atoms with Gasteiger partial charge in [0, 0.05) is 17.9 Å². The molecule has 0 aliphatic carbocycles. The van der Waals surface area contributed by atoms with Crippen molar-refractivity contribution in [3.8, 4) is 5.75 Å². The van der Waals surface area contributed by atoms with Gasteiger partial charge in [-0.1, -0.05) is 34.1 Å². The summed E-state index contributed by atoms with van der Waals surface area (Å²) in [6, 6.07) is 8.23. The van der Waals surface area contributed by atoms with Crippen LogP contribution in [0, 0.1) is 5.92 Å². The Morgan fingerprint density at radius 3 is 2.90 bits per heavy atom. The van der Waals surface area contributed by atoms with E-state index in [1.165, 1.54) is 0 Å². The Morgan fingerprint density at radius 1 is 1.45 bits per heavy atom. The lowest BCUT2D eigenvalue weighted by molar-refractivity contribution is -0.138. The van der Waals surface area contributed by atoms with Gasteiger partial charge in [-0.2, -0.15) is 0 Å². The van der Waals surface area contributed by atoms with Gasteiger partial charge in [0.2, 0.25) is 5.91 Å². The average molecular weight is 340 g/mol. The van der Waals surface area contributed by atoms with Gasteiger partial charge in [0.1, 0.15) is 12.4 Å². The second-order valence-corrected chi connectivity index (χ2v) is 6.28. The van der Waals surface area contributed by atoms with Crippen molar-refractivity contribution in [2.75, 3.05) is 18.5 Å². The average Bonchev–Trinajstić information content (AvgIpc) is 2.46. The van der Waals surface area contributed by atoms with Crippen LogP contribution in [-0.2, 0) is 11.2 Å². The molecular formula is C16H22BrNO2. The molecule has 0 N–H and O–H groups in total. The van der Waals surface area contributed by atoms with E-state index in [4.69, 9.17) is 4.74 Å². The van der Waals surface area contributed by atoms with Gasteiger partial charge >= 0.3 is 0 Å². The summed E-state index contributed by atoms with van der Waals surface area (Å²) in [6.07, 6.45) is 1.76. The van der Waals surface area contributed by atoms with Crippen LogP contribution < -0.4 is 4.74 Å². The molecule has 1 aliphatic heterocycles. The Morgan fingerprint density at radius 2 is 2.20 bits per heavy atom. The largest absolute Gasteiger partial charge is 0.492 e. The second-order valence-electron chi connectivity index (χ2n) is 5.49. The van der Waals surface area contributed by atoms with E-state index in [0.29, 0.717) is 6.61 Å². The molecule has 4 heteroatoms. The van der Waals surface area contributed by atoms with E-state index >= 15 is 0 Å². The summed E-state index contributed by atoms with van der Waals surface area (Å²) < 4.78 is 5.73. The number of carbonyl (C=O) groups excluding carboxylic acids is 1. The summed E-state index contributed by atoms with van der Waals surface area (Å²) in [5.74, 6) is 1.09. The van der Waals surface area contributed by atoms with Crippen molar-refractivity contribution in [1.82, 2.24) is 4.90 Å². The maximum Gasteiger partial charge on any atom is 0.229 e. The van der Waals surface area contributed by atoms with Crippen molar-refractivity contribution < 1.29 is 9.53 Å². The lowest BCUT2D eigenvalue weighted by atomic mass is 9.95. The minimum absolute atomic E-state index is 0.0531. The van der Waals surface area contributed by atoms with Crippen molar-refractivity contribution >= 4 is 21.8 Å². The number of ether oxygens (including phenoxy) is 1. The number of alkyl halides is 1. The highest BCUT2D eigenvalue weighted by Crippen LogP contribution is 2.28. The van der Waals surface area contributed by atoms with E-state index in [9.17, 15) is 4.79 Å². The molecule has 20 heavy (non-hydrogen) atoms. The number of rotatable bonds is 5. The monoisotopic (exact) mass is 339 g/mol. The maximum absolute atomic E-state index is 12.7. The molecule has 1 aromatic rings. The predicted molar refractivity (Wildman–Crippen MR) is 84.4 cm³/mol. The molecule has 1 atom stereocenters. The molecule has 1 aliphatic rings. The third-order valence-corrected chi connectivity index (χ3v) is 4.23. The third-order valence-electron chi connectivity index (χ3n) is 3.67. The zero-order valence-corrected chi connectivity index (χ0v) is 13.7. The van der Waals surface area contributed by atoms with E-state index in [0.717, 1.165) is 36.0 Å². The number of nitrogens with zero attached hydrogens (tertiary/aromatic N) is 1. The smallest absolute Gasteiger partial charge is 0.229 e. The Balaban J connectivity index is 2.06. The van der Waals surface area contributed by atoms with Gasteiger partial charge in [-0.05, 0) is 38.3 Å². The quantitative estimate of drug-likeness (QED) is 0.770. The number of hydrogen-bond donors (Lipinski definition) is 0. The molecule has 0 bridgehead atoms. The minimum atomic E-state index is -0.0531. The molecule has 1 aromatic carbocycles. The van der Waals surface area contributed by atoms with Gasteiger partial charge in [-0.3, -0.25) is 4.79 Å². The lowest BCUT2D eigenvalue weighted by Gasteiger charge is -2.32. The molecule has 0 saturated heterocycles. The maximum atomic E-state index is 12.7. The lowest BCUT2D eigenvalue weighted by Crippen LogP contribution is -2.44. The first kappa shape index (κ1) is 15.4. The molecule has 3 nitrogen and oxygen atoms in total. The first-order valence-corrected chi connectivity index (χ1v) is 8.32. The fourth-order valence-electron chi connectivity index (χ4n) is 2.57. The molecule has 0 radical (unpaired) electrons. The first-order valence-electron chi connectivity index (χ1n) is 7.20. The number of amides is 1. The summed E-state index contributed by atoms with van der Waals surface area (Å²) >= 11 is 3.43. The van der Waals surface area contributed by atoms with E-state index < -0.39 is 0 Å². The first-order chi connectivity index (χ1) is 9.63. The molecule has 0 spiro atoms. The summed E-state index contributed by atoms with van der Waals surface area (Å²) in [6.45, 7) is 5.45. The molecule has 1 amide bonds. The van der Waals surface area contributed by atoms with Crippen molar-refractivity contribution in [1.29, 1.82) is 0 Å². The Bertz CT molecular complexity index is 462. The molecule has 110 valence electrons. The van der Waals surface area contributed by atoms with Gasteiger partial charge < -0.3 is 9.64 Å². The zero-order chi connectivity index (χ0) is 14.5. The van der Waals surface area contributed by atoms with Crippen LogP contribution in [0.25, 0.3) is 0 Å².